The van der Waals surface area contributed by atoms with Crippen molar-refractivity contribution in [1.82, 2.24) is 0 Å². The third-order valence-electron chi connectivity index (χ3n) is 1.42. The summed E-state index contributed by atoms with van der Waals surface area (Å²) in [5, 5.41) is 3.67. The van der Waals surface area contributed by atoms with E-state index in [0.29, 0.717) is 15.7 Å². The number of nitrogens with one attached hydrogen (secondary N) is 1. The standard InChI is InChI=1S/C8H8Cl2N4S/c9-4-2-1-3-5(6(4)10)13-8(15)14-7(11)12/h1-3H,(H5,11,12,13,14,15). The number of thiocarbonyl (C=S) groups is 1. The first-order valence-corrected chi connectivity index (χ1v) is 5.01. The van der Waals surface area contributed by atoms with Crippen molar-refractivity contribution >= 4 is 52.2 Å². The van der Waals surface area contributed by atoms with Crippen LogP contribution in [-0.2, 0) is 0 Å². The van der Waals surface area contributed by atoms with E-state index < -0.39 is 0 Å². The van der Waals surface area contributed by atoms with Crippen molar-refractivity contribution in [3.8, 4) is 0 Å². The third-order valence-corrected chi connectivity index (χ3v) is 2.44. The Morgan fingerprint density at radius 1 is 1.33 bits per heavy atom. The van der Waals surface area contributed by atoms with Crippen molar-refractivity contribution < 1.29 is 0 Å². The van der Waals surface area contributed by atoms with Crippen LogP contribution >= 0.6 is 35.4 Å². The summed E-state index contributed by atoms with van der Waals surface area (Å²) in [7, 11) is 0. The van der Waals surface area contributed by atoms with Crippen LogP contribution in [-0.4, -0.2) is 11.1 Å². The molecule has 0 bridgehead atoms. The molecule has 4 nitrogen and oxygen atoms in total. The lowest BCUT2D eigenvalue weighted by Gasteiger charge is -2.07. The Labute approximate surface area is 102 Å². The molecule has 0 unspecified atom stereocenters. The van der Waals surface area contributed by atoms with Crippen molar-refractivity contribution in [2.24, 2.45) is 16.5 Å². The molecule has 0 saturated heterocycles. The minimum absolute atomic E-state index is 0.120. The highest BCUT2D eigenvalue weighted by Crippen LogP contribution is 2.29. The van der Waals surface area contributed by atoms with Crippen LogP contribution < -0.4 is 16.8 Å². The highest BCUT2D eigenvalue weighted by molar-refractivity contribution is 7.80. The van der Waals surface area contributed by atoms with Gasteiger partial charge in [0.25, 0.3) is 0 Å². The average molecular weight is 263 g/mol. The van der Waals surface area contributed by atoms with Gasteiger partial charge in [0, 0.05) is 0 Å². The van der Waals surface area contributed by atoms with Gasteiger partial charge < -0.3 is 16.8 Å². The molecule has 15 heavy (non-hydrogen) atoms. The molecule has 0 radical (unpaired) electrons. The fourth-order valence-electron chi connectivity index (χ4n) is 0.861. The van der Waals surface area contributed by atoms with Gasteiger partial charge in [0.2, 0.25) is 5.11 Å². The normalized spacial score (nSPS) is 9.47. The highest BCUT2D eigenvalue weighted by atomic mass is 35.5. The SMILES string of the molecule is NC(N)=NC(=S)Nc1cccc(Cl)c1Cl. The van der Waals surface area contributed by atoms with Gasteiger partial charge in [-0.3, -0.25) is 0 Å². The lowest BCUT2D eigenvalue weighted by Crippen LogP contribution is -2.25. The van der Waals surface area contributed by atoms with Gasteiger partial charge in [-0.25, -0.2) is 0 Å². The number of nitrogens with zero attached hydrogens (tertiary/aromatic N) is 1. The fourth-order valence-corrected chi connectivity index (χ4v) is 1.42. The Morgan fingerprint density at radius 3 is 2.60 bits per heavy atom. The van der Waals surface area contributed by atoms with Gasteiger partial charge in [0.05, 0.1) is 15.7 Å². The van der Waals surface area contributed by atoms with E-state index in [2.05, 4.69) is 10.3 Å². The van der Waals surface area contributed by atoms with Crippen molar-refractivity contribution in [3.05, 3.63) is 28.2 Å². The molecule has 1 rings (SSSR count). The summed E-state index contributed by atoms with van der Waals surface area (Å²) in [6.45, 7) is 0. The number of guanidine groups is 1. The second-order valence-corrected chi connectivity index (χ2v) is 3.74. The molecule has 0 aliphatic rings. The third kappa shape index (κ3) is 3.54. The first kappa shape index (κ1) is 12.0. The molecule has 7 heteroatoms. The number of aliphatic imine (C=N–C) groups is 1. The van der Waals surface area contributed by atoms with Gasteiger partial charge in [-0.15, -0.1) is 0 Å². The average Bonchev–Trinajstić information content (AvgIpc) is 2.11. The summed E-state index contributed by atoms with van der Waals surface area (Å²) in [5.41, 5.74) is 10.9. The number of benzene rings is 1. The van der Waals surface area contributed by atoms with E-state index >= 15 is 0 Å². The highest BCUT2D eigenvalue weighted by Gasteiger charge is 2.04. The minimum Gasteiger partial charge on any atom is -0.370 e. The first-order valence-electron chi connectivity index (χ1n) is 3.85. The van der Waals surface area contributed by atoms with Crippen molar-refractivity contribution in [2.75, 3.05) is 5.32 Å². The Hall–Kier alpha value is -1.04. The van der Waals surface area contributed by atoms with Gasteiger partial charge in [0.1, 0.15) is 0 Å². The van der Waals surface area contributed by atoms with Crippen molar-refractivity contribution in [2.45, 2.75) is 0 Å². The van der Waals surface area contributed by atoms with Crippen LogP contribution in [0.3, 0.4) is 0 Å². The van der Waals surface area contributed by atoms with Crippen LogP contribution in [0, 0.1) is 0 Å². The minimum atomic E-state index is -0.120. The number of hydrogen-bond acceptors (Lipinski definition) is 1. The van der Waals surface area contributed by atoms with Crippen LogP contribution in [0.5, 0.6) is 0 Å². The van der Waals surface area contributed by atoms with Gasteiger partial charge in [-0.05, 0) is 24.4 Å². The molecule has 0 saturated carbocycles. The Kier molecular flexibility index (Phi) is 4.14. The molecule has 1 aromatic rings. The van der Waals surface area contributed by atoms with E-state index in [0.717, 1.165) is 0 Å². The summed E-state index contributed by atoms with van der Waals surface area (Å²) in [4.78, 5) is 3.63. The second kappa shape index (κ2) is 5.16. The molecule has 0 heterocycles. The second-order valence-electron chi connectivity index (χ2n) is 2.57. The molecule has 0 aliphatic heterocycles. The van der Waals surface area contributed by atoms with Gasteiger partial charge in [-0.2, -0.15) is 4.99 Å². The van der Waals surface area contributed by atoms with E-state index in [1.807, 2.05) is 0 Å². The topological polar surface area (TPSA) is 76.4 Å². The van der Waals surface area contributed by atoms with E-state index in [1.54, 1.807) is 18.2 Å². The quantitative estimate of drug-likeness (QED) is 0.411. The summed E-state index contributed by atoms with van der Waals surface area (Å²) in [5.74, 6) is -0.120. The molecule has 0 fully saturated rings. The maximum absolute atomic E-state index is 5.91. The number of nitrogens with two attached hydrogens (primary N) is 2. The molecule has 0 spiro atoms. The van der Waals surface area contributed by atoms with Crippen molar-refractivity contribution in [3.63, 3.8) is 0 Å². The lowest BCUT2D eigenvalue weighted by molar-refractivity contribution is 1.48. The van der Waals surface area contributed by atoms with Crippen molar-refractivity contribution in [1.29, 1.82) is 0 Å². The molecule has 0 aliphatic carbocycles. The smallest absolute Gasteiger partial charge is 0.200 e. The molecule has 0 amide bonds. The largest absolute Gasteiger partial charge is 0.370 e. The summed E-state index contributed by atoms with van der Waals surface area (Å²) < 4.78 is 0. The monoisotopic (exact) mass is 262 g/mol. The predicted molar refractivity (Wildman–Crippen MR) is 68.5 cm³/mol. The maximum Gasteiger partial charge on any atom is 0.200 e. The molecule has 80 valence electrons. The summed E-state index contributed by atoms with van der Waals surface area (Å²) in [6, 6.07) is 5.11. The summed E-state index contributed by atoms with van der Waals surface area (Å²) >= 11 is 16.6. The molecule has 0 aromatic heterocycles. The first-order chi connectivity index (χ1) is 7.00. The molecule has 0 atom stereocenters. The lowest BCUT2D eigenvalue weighted by atomic mass is 10.3. The van der Waals surface area contributed by atoms with E-state index in [-0.39, 0.29) is 11.1 Å². The maximum atomic E-state index is 5.91. The fraction of sp³-hybridized carbons (Fsp3) is 0. The van der Waals surface area contributed by atoms with Gasteiger partial charge in [-0.1, -0.05) is 29.3 Å². The van der Waals surface area contributed by atoms with Crippen LogP contribution in [0.25, 0.3) is 0 Å². The molecule has 5 N–H and O–H groups in total. The van der Waals surface area contributed by atoms with Gasteiger partial charge in [0.15, 0.2) is 5.96 Å². The number of halogens is 2. The molecule has 1 aromatic carbocycles. The predicted octanol–water partition coefficient (Wildman–Crippen LogP) is 1.96. The zero-order valence-corrected chi connectivity index (χ0v) is 9.83. The number of anilines is 1. The Morgan fingerprint density at radius 2 is 2.00 bits per heavy atom. The Bertz CT molecular complexity index is 415. The van der Waals surface area contributed by atoms with E-state index in [1.165, 1.54) is 0 Å². The number of hydrogen-bond donors (Lipinski definition) is 3. The zero-order chi connectivity index (χ0) is 11.4. The van der Waals surface area contributed by atoms with Crippen LogP contribution in [0.2, 0.25) is 10.0 Å². The molecular weight excluding hydrogens is 255 g/mol. The Balaban J connectivity index is 2.86. The van der Waals surface area contributed by atoms with Crippen LogP contribution in [0.1, 0.15) is 0 Å². The van der Waals surface area contributed by atoms with Crippen LogP contribution in [0.4, 0.5) is 5.69 Å². The van der Waals surface area contributed by atoms with Gasteiger partial charge >= 0.3 is 0 Å². The number of rotatable bonds is 1. The molecular formula is C8H8Cl2N4S. The van der Waals surface area contributed by atoms with E-state index in [9.17, 15) is 0 Å². The summed E-state index contributed by atoms with van der Waals surface area (Å²) in [6.07, 6.45) is 0. The zero-order valence-electron chi connectivity index (χ0n) is 7.50. The van der Waals surface area contributed by atoms with Crippen LogP contribution in [0.15, 0.2) is 23.2 Å². The van der Waals surface area contributed by atoms with E-state index in [4.69, 9.17) is 46.9 Å².